The smallest absolute Gasteiger partial charge is 0.327 e. The minimum atomic E-state index is -3.73. The lowest BCUT2D eigenvalue weighted by molar-refractivity contribution is -0.904. The van der Waals surface area contributed by atoms with E-state index in [1.807, 2.05) is 13.8 Å². The number of hydrogen-bond acceptors (Lipinski definition) is 3. The highest BCUT2D eigenvalue weighted by Gasteiger charge is 2.18. The van der Waals surface area contributed by atoms with Gasteiger partial charge < -0.3 is 9.38 Å². The van der Waals surface area contributed by atoms with E-state index in [0.717, 1.165) is 0 Å². The molecule has 0 aliphatic rings. The summed E-state index contributed by atoms with van der Waals surface area (Å²) in [5, 5.41) is 0. The lowest BCUT2D eigenvalue weighted by Crippen LogP contribution is -2.42. The Kier molecular flexibility index (Phi) is 13.3. The molecule has 0 rings (SSSR count). The first-order chi connectivity index (χ1) is 8.80. The van der Waals surface area contributed by atoms with Crippen molar-refractivity contribution in [2.24, 2.45) is 0 Å². The van der Waals surface area contributed by atoms with E-state index in [2.05, 4.69) is 36.9 Å². The average molecular weight is 298 g/mol. The van der Waals surface area contributed by atoms with E-state index in [1.165, 1.54) is 24.1 Å². The summed E-state index contributed by atoms with van der Waals surface area (Å²) in [5.41, 5.74) is 0. The van der Waals surface area contributed by atoms with Gasteiger partial charge in [0.15, 0.2) is 0 Å². The van der Waals surface area contributed by atoms with Gasteiger partial charge in [0.25, 0.3) is 0 Å². The monoisotopic (exact) mass is 298 g/mol. The molecule has 0 saturated heterocycles. The standard InChI is InChI=1S/C7H18N.C6H15O4P/c1-5-8(4,6-2)7-3;1-3-5-9-11(7,8)10-6-4-2/h5-7H2,1-4H3;3-6H2,1-2H3,(H,7,8)/q+1;. The van der Waals surface area contributed by atoms with Gasteiger partial charge in [-0.25, -0.2) is 4.57 Å². The maximum atomic E-state index is 10.8. The highest BCUT2D eigenvalue weighted by atomic mass is 31.2. The van der Waals surface area contributed by atoms with Gasteiger partial charge in [0, 0.05) is 0 Å². The molecule has 0 bridgehead atoms. The van der Waals surface area contributed by atoms with E-state index in [1.54, 1.807) is 0 Å². The van der Waals surface area contributed by atoms with Crippen LogP contribution < -0.4 is 0 Å². The van der Waals surface area contributed by atoms with Crippen molar-refractivity contribution in [2.45, 2.75) is 47.5 Å². The first-order valence-electron chi connectivity index (χ1n) is 7.26. The summed E-state index contributed by atoms with van der Waals surface area (Å²) in [5.74, 6) is 0. The largest absolute Gasteiger partial charge is 0.472 e. The Morgan fingerprint density at radius 2 is 1.21 bits per heavy atom. The van der Waals surface area contributed by atoms with Gasteiger partial charge in [0.05, 0.1) is 39.9 Å². The Hall–Kier alpha value is 0.0700. The molecule has 0 aromatic carbocycles. The fourth-order valence-electron chi connectivity index (χ4n) is 1.12. The summed E-state index contributed by atoms with van der Waals surface area (Å²) in [4.78, 5) is 8.89. The third-order valence-corrected chi connectivity index (χ3v) is 4.23. The first-order valence-corrected chi connectivity index (χ1v) is 8.75. The van der Waals surface area contributed by atoms with Gasteiger partial charge in [-0.2, -0.15) is 0 Å². The van der Waals surface area contributed by atoms with Crippen LogP contribution in [0.5, 0.6) is 0 Å². The molecule has 0 amide bonds. The second-order valence-electron chi connectivity index (χ2n) is 4.70. The molecule has 0 unspecified atom stereocenters. The topological polar surface area (TPSA) is 55.8 Å². The maximum absolute atomic E-state index is 10.8. The van der Waals surface area contributed by atoms with Crippen LogP contribution in [0.1, 0.15) is 47.5 Å². The predicted molar refractivity (Wildman–Crippen MR) is 80.1 cm³/mol. The Bertz CT molecular complexity index is 225. The number of nitrogens with zero attached hydrogens (tertiary/aromatic N) is 1. The Morgan fingerprint density at radius 1 is 0.895 bits per heavy atom. The van der Waals surface area contributed by atoms with E-state index < -0.39 is 7.82 Å². The normalized spacial score (nSPS) is 11.9. The van der Waals surface area contributed by atoms with Gasteiger partial charge in [-0.1, -0.05) is 13.8 Å². The minimum Gasteiger partial charge on any atom is -0.327 e. The highest BCUT2D eigenvalue weighted by Crippen LogP contribution is 2.43. The third-order valence-electron chi connectivity index (χ3n) is 3.21. The van der Waals surface area contributed by atoms with Crippen LogP contribution in [0.25, 0.3) is 0 Å². The molecule has 5 nitrogen and oxygen atoms in total. The molecule has 0 spiro atoms. The van der Waals surface area contributed by atoms with Gasteiger partial charge in [-0.15, -0.1) is 0 Å². The summed E-state index contributed by atoms with van der Waals surface area (Å²) in [7, 11) is -1.43. The number of phosphoric ester groups is 1. The molecule has 118 valence electrons. The molecule has 19 heavy (non-hydrogen) atoms. The SMILES string of the molecule is CCCOP(=O)(O)OCCC.CC[N+](C)(CC)CC. The van der Waals surface area contributed by atoms with Crippen LogP contribution in [0.2, 0.25) is 0 Å². The van der Waals surface area contributed by atoms with Crippen molar-refractivity contribution in [3.8, 4) is 0 Å². The van der Waals surface area contributed by atoms with Crippen LogP contribution in [0.3, 0.4) is 0 Å². The summed E-state index contributed by atoms with van der Waals surface area (Å²) in [6, 6.07) is 0. The number of hydrogen-bond donors (Lipinski definition) is 1. The molecular weight excluding hydrogens is 265 g/mol. The van der Waals surface area contributed by atoms with Crippen molar-refractivity contribution in [1.29, 1.82) is 0 Å². The quantitative estimate of drug-likeness (QED) is 0.523. The average Bonchev–Trinajstić information content (AvgIpc) is 2.43. The molecule has 0 aromatic rings. The predicted octanol–water partition coefficient (Wildman–Crippen LogP) is 3.43. The highest BCUT2D eigenvalue weighted by molar-refractivity contribution is 7.47. The summed E-state index contributed by atoms with van der Waals surface area (Å²) < 4.78 is 21.2. The molecule has 0 heterocycles. The van der Waals surface area contributed by atoms with Crippen molar-refractivity contribution in [3.63, 3.8) is 0 Å². The minimum absolute atomic E-state index is 0.261. The van der Waals surface area contributed by atoms with E-state index in [0.29, 0.717) is 12.8 Å². The van der Waals surface area contributed by atoms with Crippen LogP contribution in [-0.4, -0.2) is 49.3 Å². The number of rotatable bonds is 9. The fraction of sp³-hybridized carbons (Fsp3) is 1.00. The molecule has 0 aliphatic heterocycles. The molecule has 0 aromatic heterocycles. The molecule has 0 saturated carbocycles. The van der Waals surface area contributed by atoms with Crippen molar-refractivity contribution in [1.82, 2.24) is 0 Å². The zero-order valence-electron chi connectivity index (χ0n) is 13.5. The van der Waals surface area contributed by atoms with Gasteiger partial charge in [-0.3, -0.25) is 9.05 Å². The van der Waals surface area contributed by atoms with Gasteiger partial charge in [-0.05, 0) is 33.6 Å². The summed E-state index contributed by atoms with van der Waals surface area (Å²) in [6.07, 6.45) is 1.42. The summed E-state index contributed by atoms with van der Waals surface area (Å²) in [6.45, 7) is 14.7. The number of phosphoric acid groups is 1. The second kappa shape index (κ2) is 11.9. The maximum Gasteiger partial charge on any atom is 0.472 e. The van der Waals surface area contributed by atoms with E-state index in [-0.39, 0.29) is 13.2 Å². The van der Waals surface area contributed by atoms with Crippen molar-refractivity contribution in [2.75, 3.05) is 39.9 Å². The Labute approximate surface area is 119 Å². The lowest BCUT2D eigenvalue weighted by atomic mass is 10.4. The number of quaternary nitrogens is 1. The van der Waals surface area contributed by atoms with Gasteiger partial charge in [0.2, 0.25) is 0 Å². The first kappa shape index (κ1) is 21.4. The second-order valence-corrected chi connectivity index (χ2v) is 6.16. The molecule has 0 radical (unpaired) electrons. The van der Waals surface area contributed by atoms with E-state index in [4.69, 9.17) is 4.89 Å². The molecule has 0 aliphatic carbocycles. The van der Waals surface area contributed by atoms with Crippen LogP contribution in [-0.2, 0) is 13.6 Å². The molecule has 1 N–H and O–H groups in total. The fourth-order valence-corrected chi connectivity index (χ4v) is 2.02. The van der Waals surface area contributed by atoms with Crippen LogP contribution in [0.4, 0.5) is 0 Å². The zero-order chi connectivity index (χ0) is 15.4. The zero-order valence-corrected chi connectivity index (χ0v) is 14.4. The molecule has 0 fully saturated rings. The van der Waals surface area contributed by atoms with Crippen molar-refractivity contribution in [3.05, 3.63) is 0 Å². The van der Waals surface area contributed by atoms with Crippen LogP contribution >= 0.6 is 7.82 Å². The lowest BCUT2D eigenvalue weighted by Gasteiger charge is -2.30. The van der Waals surface area contributed by atoms with Crippen LogP contribution in [0.15, 0.2) is 0 Å². The van der Waals surface area contributed by atoms with E-state index >= 15 is 0 Å². The van der Waals surface area contributed by atoms with Gasteiger partial charge >= 0.3 is 7.82 Å². The van der Waals surface area contributed by atoms with Crippen molar-refractivity contribution >= 4 is 7.82 Å². The Morgan fingerprint density at radius 3 is 1.37 bits per heavy atom. The van der Waals surface area contributed by atoms with Crippen molar-refractivity contribution < 1.29 is 23.0 Å². The Balaban J connectivity index is 0. The summed E-state index contributed by atoms with van der Waals surface area (Å²) >= 11 is 0. The molecule has 6 heteroatoms. The van der Waals surface area contributed by atoms with E-state index in [9.17, 15) is 4.57 Å². The third kappa shape index (κ3) is 12.8. The molecular formula is C13H33NO4P+. The van der Waals surface area contributed by atoms with Gasteiger partial charge in [0.1, 0.15) is 0 Å². The van der Waals surface area contributed by atoms with Crippen LogP contribution in [0, 0.1) is 0 Å². The molecule has 0 atom stereocenters.